The fourth-order valence-corrected chi connectivity index (χ4v) is 2.13. The number of benzene rings is 1. The molecule has 0 saturated carbocycles. The minimum absolute atomic E-state index is 0.125. The van der Waals surface area contributed by atoms with Crippen molar-refractivity contribution in [3.63, 3.8) is 0 Å². The highest BCUT2D eigenvalue weighted by Gasteiger charge is 2.09. The highest BCUT2D eigenvalue weighted by Crippen LogP contribution is 2.13. The van der Waals surface area contributed by atoms with Crippen LogP contribution in [-0.2, 0) is 16.1 Å². The molecule has 0 aliphatic carbocycles. The Morgan fingerprint density at radius 2 is 2.04 bits per heavy atom. The molecule has 2 rings (SSSR count). The zero-order chi connectivity index (χ0) is 16.8. The van der Waals surface area contributed by atoms with Crippen LogP contribution in [0.5, 0.6) is 0 Å². The van der Waals surface area contributed by atoms with Crippen LogP contribution in [0.3, 0.4) is 0 Å². The predicted octanol–water partition coefficient (Wildman–Crippen LogP) is 0.692. The quantitative estimate of drug-likeness (QED) is 0.811. The maximum absolute atomic E-state index is 12.3. The van der Waals surface area contributed by atoms with Crippen molar-refractivity contribution >= 4 is 34.3 Å². The zero-order valence-corrected chi connectivity index (χ0v) is 13.4. The summed E-state index contributed by atoms with van der Waals surface area (Å²) in [5, 5.41) is 5.87. The van der Waals surface area contributed by atoms with Crippen LogP contribution in [0.15, 0.2) is 29.3 Å². The molecule has 0 aliphatic heterocycles. The number of rotatable bonds is 6. The molecule has 0 aliphatic rings. The summed E-state index contributed by atoms with van der Waals surface area (Å²) in [6.07, 6.45) is 2.12. The molecule has 7 nitrogen and oxygen atoms in total. The maximum Gasteiger partial charge on any atom is 0.261 e. The molecule has 122 valence electrons. The number of aromatic nitrogens is 2. The average Bonchev–Trinajstić information content (AvgIpc) is 2.54. The van der Waals surface area contributed by atoms with Crippen LogP contribution >= 0.6 is 11.6 Å². The van der Waals surface area contributed by atoms with E-state index in [1.807, 2.05) is 6.92 Å². The first kappa shape index (κ1) is 17.0. The Kier molecular flexibility index (Phi) is 5.70. The number of carbonyl (C=O) groups excluding carboxylic acids is 2. The van der Waals surface area contributed by atoms with E-state index in [0.717, 1.165) is 6.42 Å². The van der Waals surface area contributed by atoms with E-state index in [-0.39, 0.29) is 24.6 Å². The lowest BCUT2D eigenvalue weighted by Crippen LogP contribution is -2.39. The van der Waals surface area contributed by atoms with Gasteiger partial charge in [0.2, 0.25) is 11.8 Å². The van der Waals surface area contributed by atoms with Crippen LogP contribution in [0.4, 0.5) is 0 Å². The summed E-state index contributed by atoms with van der Waals surface area (Å²) in [6.45, 7) is 2.16. The number of hydrogen-bond donors (Lipinski definition) is 2. The summed E-state index contributed by atoms with van der Waals surface area (Å²) in [4.78, 5) is 39.7. The number of halogens is 1. The van der Waals surface area contributed by atoms with Gasteiger partial charge < -0.3 is 10.6 Å². The molecule has 0 saturated heterocycles. The molecule has 0 spiro atoms. The van der Waals surface area contributed by atoms with Gasteiger partial charge in [-0.2, -0.15) is 0 Å². The number of nitrogens with one attached hydrogen (secondary N) is 2. The Labute approximate surface area is 137 Å². The van der Waals surface area contributed by atoms with Crippen molar-refractivity contribution in [3.8, 4) is 0 Å². The standard InChI is InChI=1S/C15H17ClN4O3/c1-2-5-17-13(21)7-18-14(22)8-20-9-19-12-4-3-10(16)6-11(12)15(20)23/h3-4,6,9H,2,5,7-8H2,1H3,(H,17,21)(H,18,22). The molecule has 1 aromatic heterocycles. The van der Waals surface area contributed by atoms with Crippen LogP contribution in [-0.4, -0.2) is 34.5 Å². The van der Waals surface area contributed by atoms with Gasteiger partial charge in [0.05, 0.1) is 23.8 Å². The van der Waals surface area contributed by atoms with E-state index < -0.39 is 5.91 Å². The fraction of sp³-hybridized carbons (Fsp3) is 0.333. The van der Waals surface area contributed by atoms with Crippen LogP contribution in [0.2, 0.25) is 5.02 Å². The largest absolute Gasteiger partial charge is 0.355 e. The number of hydrogen-bond acceptors (Lipinski definition) is 4. The number of fused-ring (bicyclic) bond motifs is 1. The maximum atomic E-state index is 12.3. The Bertz CT molecular complexity index is 788. The smallest absolute Gasteiger partial charge is 0.261 e. The number of carbonyl (C=O) groups is 2. The third kappa shape index (κ3) is 4.53. The highest BCUT2D eigenvalue weighted by atomic mass is 35.5. The summed E-state index contributed by atoms with van der Waals surface area (Å²) in [7, 11) is 0. The molecule has 0 atom stereocenters. The summed E-state index contributed by atoms with van der Waals surface area (Å²) in [5.74, 6) is -0.710. The lowest BCUT2D eigenvalue weighted by Gasteiger charge is -2.08. The van der Waals surface area contributed by atoms with Gasteiger partial charge in [-0.05, 0) is 24.6 Å². The number of nitrogens with zero attached hydrogens (tertiary/aromatic N) is 2. The molecule has 0 fully saturated rings. The van der Waals surface area contributed by atoms with Gasteiger partial charge in [-0.1, -0.05) is 18.5 Å². The second-order valence-electron chi connectivity index (χ2n) is 4.97. The minimum atomic E-state index is -0.443. The predicted molar refractivity (Wildman–Crippen MR) is 87.3 cm³/mol. The van der Waals surface area contributed by atoms with Crippen LogP contribution in [0.25, 0.3) is 10.9 Å². The van der Waals surface area contributed by atoms with Gasteiger partial charge in [0.1, 0.15) is 6.54 Å². The normalized spacial score (nSPS) is 10.5. The van der Waals surface area contributed by atoms with Gasteiger partial charge in [-0.25, -0.2) is 4.98 Å². The van der Waals surface area contributed by atoms with Gasteiger partial charge in [0.15, 0.2) is 0 Å². The second kappa shape index (κ2) is 7.73. The van der Waals surface area contributed by atoms with Crippen LogP contribution in [0.1, 0.15) is 13.3 Å². The molecule has 2 N–H and O–H groups in total. The molecule has 1 aromatic carbocycles. The number of amides is 2. The first-order chi connectivity index (χ1) is 11.0. The topological polar surface area (TPSA) is 93.1 Å². The van der Waals surface area contributed by atoms with Crippen molar-refractivity contribution in [2.75, 3.05) is 13.1 Å². The van der Waals surface area contributed by atoms with E-state index in [2.05, 4.69) is 15.6 Å². The lowest BCUT2D eigenvalue weighted by atomic mass is 10.2. The van der Waals surface area contributed by atoms with E-state index in [9.17, 15) is 14.4 Å². The first-order valence-corrected chi connectivity index (χ1v) is 7.57. The van der Waals surface area contributed by atoms with Crippen LogP contribution in [0, 0.1) is 0 Å². The van der Waals surface area contributed by atoms with Gasteiger partial charge in [0.25, 0.3) is 5.56 Å². The van der Waals surface area contributed by atoms with E-state index in [0.29, 0.717) is 22.5 Å². The fourth-order valence-electron chi connectivity index (χ4n) is 1.96. The Morgan fingerprint density at radius 1 is 1.26 bits per heavy atom. The van der Waals surface area contributed by atoms with Crippen molar-refractivity contribution in [2.24, 2.45) is 0 Å². The summed E-state index contributed by atoms with van der Waals surface area (Å²) in [5.41, 5.74) is 0.151. The molecule has 8 heteroatoms. The summed E-state index contributed by atoms with van der Waals surface area (Å²) in [6, 6.07) is 4.79. The Balaban J connectivity index is 2.04. The SMILES string of the molecule is CCCNC(=O)CNC(=O)Cn1cnc2ccc(Cl)cc2c1=O. The molecule has 2 amide bonds. The highest BCUT2D eigenvalue weighted by molar-refractivity contribution is 6.31. The average molecular weight is 337 g/mol. The van der Waals surface area contributed by atoms with Crippen molar-refractivity contribution < 1.29 is 9.59 Å². The Morgan fingerprint density at radius 3 is 2.78 bits per heavy atom. The third-order valence-corrected chi connectivity index (χ3v) is 3.35. The third-order valence-electron chi connectivity index (χ3n) is 3.12. The summed E-state index contributed by atoms with van der Waals surface area (Å²) >= 11 is 5.88. The van der Waals surface area contributed by atoms with Gasteiger partial charge in [0, 0.05) is 11.6 Å². The summed E-state index contributed by atoms with van der Waals surface area (Å²) < 4.78 is 1.18. The molecule has 0 unspecified atom stereocenters. The van der Waals surface area contributed by atoms with Gasteiger partial charge in [-0.15, -0.1) is 0 Å². The van der Waals surface area contributed by atoms with Crippen molar-refractivity contribution in [3.05, 3.63) is 39.9 Å². The second-order valence-corrected chi connectivity index (χ2v) is 5.40. The van der Waals surface area contributed by atoms with Crippen molar-refractivity contribution in [2.45, 2.75) is 19.9 Å². The minimum Gasteiger partial charge on any atom is -0.355 e. The monoisotopic (exact) mass is 336 g/mol. The molecule has 1 heterocycles. The molecule has 0 radical (unpaired) electrons. The molecular formula is C15H17ClN4O3. The van der Waals surface area contributed by atoms with Gasteiger partial charge >= 0.3 is 0 Å². The van der Waals surface area contributed by atoms with Crippen molar-refractivity contribution in [1.29, 1.82) is 0 Å². The van der Waals surface area contributed by atoms with E-state index >= 15 is 0 Å². The van der Waals surface area contributed by atoms with Crippen LogP contribution < -0.4 is 16.2 Å². The van der Waals surface area contributed by atoms with E-state index in [1.165, 1.54) is 17.0 Å². The Hall–Kier alpha value is -2.41. The van der Waals surface area contributed by atoms with Crippen molar-refractivity contribution in [1.82, 2.24) is 20.2 Å². The lowest BCUT2D eigenvalue weighted by molar-refractivity contribution is -0.126. The van der Waals surface area contributed by atoms with E-state index in [1.54, 1.807) is 12.1 Å². The molecule has 23 heavy (non-hydrogen) atoms. The molecule has 2 aromatic rings. The van der Waals surface area contributed by atoms with E-state index in [4.69, 9.17) is 11.6 Å². The molecular weight excluding hydrogens is 320 g/mol. The first-order valence-electron chi connectivity index (χ1n) is 7.19. The molecule has 0 bridgehead atoms. The zero-order valence-electron chi connectivity index (χ0n) is 12.6. The van der Waals surface area contributed by atoms with Gasteiger partial charge in [-0.3, -0.25) is 19.0 Å².